The molecule has 1 aromatic rings. The summed E-state index contributed by atoms with van der Waals surface area (Å²) in [5.74, 6) is 1.96. The first-order valence-electron chi connectivity index (χ1n) is 13.3. The van der Waals surface area contributed by atoms with Crippen LogP contribution in [0.1, 0.15) is 38.7 Å². The Morgan fingerprint density at radius 1 is 1.26 bits per heavy atom. The number of methoxy groups -OCH3 is 1. The van der Waals surface area contributed by atoms with Crippen molar-refractivity contribution in [2.45, 2.75) is 45.8 Å². The summed E-state index contributed by atoms with van der Waals surface area (Å²) in [6.07, 6.45) is 8.96. The van der Waals surface area contributed by atoms with Crippen LogP contribution < -0.4 is 30.6 Å². The van der Waals surface area contributed by atoms with Gasteiger partial charge in [-0.05, 0) is 38.3 Å². The Bertz CT molecular complexity index is 1010. The predicted octanol–water partition coefficient (Wildman–Crippen LogP) is 3.62. The molecule has 0 radical (unpaired) electrons. The number of rotatable bonds is 15. The molecule has 4 N–H and O–H groups in total. The van der Waals surface area contributed by atoms with Gasteiger partial charge in [-0.2, -0.15) is 0 Å². The molecule has 2 aliphatic rings. The van der Waals surface area contributed by atoms with Crippen LogP contribution in [-0.4, -0.2) is 70.5 Å². The highest BCUT2D eigenvalue weighted by molar-refractivity contribution is 5.59. The first-order chi connectivity index (χ1) is 18.5. The molecule has 1 fully saturated rings. The highest BCUT2D eigenvalue weighted by atomic mass is 19.1. The van der Waals surface area contributed by atoms with Crippen LogP contribution in [0.5, 0.6) is 17.2 Å². The van der Waals surface area contributed by atoms with Crippen molar-refractivity contribution in [1.29, 1.82) is 0 Å². The Morgan fingerprint density at radius 2 is 2.08 bits per heavy atom. The second-order valence-electron chi connectivity index (χ2n) is 9.17. The number of hydrogen-bond donors (Lipinski definition) is 3. The molecule has 210 valence electrons. The van der Waals surface area contributed by atoms with Crippen LogP contribution in [-0.2, 0) is 11.3 Å². The normalized spacial score (nSPS) is 18.7. The van der Waals surface area contributed by atoms with Crippen LogP contribution in [0, 0.1) is 0 Å². The fourth-order valence-electron chi connectivity index (χ4n) is 4.09. The number of nitrogens with zero attached hydrogens (tertiary/aromatic N) is 2. The van der Waals surface area contributed by atoms with Gasteiger partial charge in [0.15, 0.2) is 17.4 Å². The fraction of sp³-hybridized carbons (Fsp3) is 0.536. The van der Waals surface area contributed by atoms with Crippen molar-refractivity contribution in [2.24, 2.45) is 10.7 Å². The Morgan fingerprint density at radius 3 is 2.82 bits per heavy atom. The molecule has 0 bridgehead atoms. The van der Waals surface area contributed by atoms with Crippen LogP contribution in [0.3, 0.4) is 0 Å². The molecule has 2 heterocycles. The van der Waals surface area contributed by atoms with Crippen molar-refractivity contribution < 1.29 is 23.3 Å². The molecule has 2 aliphatic heterocycles. The van der Waals surface area contributed by atoms with Crippen molar-refractivity contribution in [3.05, 3.63) is 53.2 Å². The van der Waals surface area contributed by atoms with Crippen molar-refractivity contribution in [3.63, 3.8) is 0 Å². The molecule has 0 spiro atoms. The van der Waals surface area contributed by atoms with Crippen LogP contribution in [0.25, 0.3) is 0 Å². The molecule has 0 amide bonds. The van der Waals surface area contributed by atoms with E-state index < -0.39 is 6.17 Å². The molecule has 0 aromatic heterocycles. The summed E-state index contributed by atoms with van der Waals surface area (Å²) in [7, 11) is 1.59. The molecule has 9 nitrogen and oxygen atoms in total. The minimum absolute atomic E-state index is 0.0740. The molecular formula is C28H42FN5O4. The van der Waals surface area contributed by atoms with E-state index in [2.05, 4.69) is 33.5 Å². The van der Waals surface area contributed by atoms with Gasteiger partial charge in [-0.1, -0.05) is 18.6 Å². The van der Waals surface area contributed by atoms with Crippen molar-refractivity contribution in [1.82, 2.24) is 15.5 Å². The van der Waals surface area contributed by atoms with Gasteiger partial charge in [-0.15, -0.1) is 0 Å². The summed E-state index contributed by atoms with van der Waals surface area (Å²) in [6, 6.07) is 3.62. The second kappa shape index (κ2) is 16.1. The molecule has 1 atom stereocenters. The molecule has 0 saturated carbocycles. The number of hydrogen-bond acceptors (Lipinski definition) is 9. The average Bonchev–Trinajstić information content (AvgIpc) is 2.94. The van der Waals surface area contributed by atoms with Crippen molar-refractivity contribution in [3.8, 4) is 17.2 Å². The van der Waals surface area contributed by atoms with Gasteiger partial charge < -0.3 is 30.0 Å². The molecule has 1 aromatic carbocycles. The van der Waals surface area contributed by atoms with Gasteiger partial charge in [0, 0.05) is 50.4 Å². The van der Waals surface area contributed by atoms with E-state index in [0.29, 0.717) is 36.2 Å². The van der Waals surface area contributed by atoms with Gasteiger partial charge in [0.05, 0.1) is 33.3 Å². The van der Waals surface area contributed by atoms with E-state index in [1.165, 1.54) is 6.34 Å². The van der Waals surface area contributed by atoms with Gasteiger partial charge in [0.25, 0.3) is 0 Å². The number of halogens is 1. The largest absolute Gasteiger partial charge is 0.493 e. The zero-order valence-corrected chi connectivity index (χ0v) is 22.8. The Kier molecular flexibility index (Phi) is 12.6. The van der Waals surface area contributed by atoms with Gasteiger partial charge in [0.2, 0.25) is 0 Å². The lowest BCUT2D eigenvalue weighted by Crippen LogP contribution is -2.37. The summed E-state index contributed by atoms with van der Waals surface area (Å²) < 4.78 is 37.3. The third-order valence-electron chi connectivity index (χ3n) is 6.20. The number of aliphatic imine (C=N–C) groups is 1. The summed E-state index contributed by atoms with van der Waals surface area (Å²) in [6.45, 7) is 9.41. The maximum atomic E-state index is 14.2. The van der Waals surface area contributed by atoms with E-state index in [0.717, 1.165) is 56.8 Å². The summed E-state index contributed by atoms with van der Waals surface area (Å²) in [5.41, 5.74) is 7.94. The van der Waals surface area contributed by atoms with Crippen molar-refractivity contribution in [2.75, 3.05) is 53.1 Å². The molecular weight excluding hydrogens is 489 g/mol. The minimum Gasteiger partial charge on any atom is -0.493 e. The summed E-state index contributed by atoms with van der Waals surface area (Å²) >= 11 is 0. The Hall–Kier alpha value is -2.92. The molecule has 3 rings (SSSR count). The van der Waals surface area contributed by atoms with Crippen LogP contribution in [0.15, 0.2) is 52.6 Å². The van der Waals surface area contributed by atoms with Gasteiger partial charge in [-0.25, -0.2) is 4.39 Å². The van der Waals surface area contributed by atoms with E-state index >= 15 is 0 Å². The monoisotopic (exact) mass is 531 g/mol. The van der Waals surface area contributed by atoms with Crippen LogP contribution in [0.4, 0.5) is 4.39 Å². The zero-order chi connectivity index (χ0) is 27.2. The lowest BCUT2D eigenvalue weighted by atomic mass is 10.1. The first kappa shape index (κ1) is 29.6. The zero-order valence-electron chi connectivity index (χ0n) is 22.8. The number of nitrogens with two attached hydrogens (primary N) is 1. The third kappa shape index (κ3) is 9.75. The summed E-state index contributed by atoms with van der Waals surface area (Å²) in [5, 5.41) is 6.05. The molecule has 1 unspecified atom stereocenters. The molecule has 1 saturated heterocycles. The Balaban J connectivity index is 1.56. The third-order valence-corrected chi connectivity index (χ3v) is 6.20. The smallest absolute Gasteiger partial charge is 0.197 e. The topological polar surface area (TPSA) is 103 Å². The van der Waals surface area contributed by atoms with Crippen LogP contribution in [0.2, 0.25) is 0 Å². The maximum Gasteiger partial charge on any atom is 0.197 e. The number of ether oxygens (including phenoxy) is 4. The van der Waals surface area contributed by atoms with Crippen LogP contribution >= 0.6 is 0 Å². The predicted molar refractivity (Wildman–Crippen MR) is 148 cm³/mol. The van der Waals surface area contributed by atoms with E-state index in [1.807, 2.05) is 13.0 Å². The number of morpholine rings is 1. The average molecular weight is 532 g/mol. The quantitative estimate of drug-likeness (QED) is 0.233. The second-order valence-corrected chi connectivity index (χ2v) is 9.17. The number of nitrogens with one attached hydrogen (secondary N) is 2. The van der Waals surface area contributed by atoms with Gasteiger partial charge in [0.1, 0.15) is 17.7 Å². The SMILES string of the molecule is CC/C=C(/C)C/C=C(/F)CNC1C=C(Oc2cc(OC)c(OCCCN3CCOCC3)cc2CN)NC=N1. The molecule has 10 heteroatoms. The minimum atomic E-state index is -0.435. The lowest BCUT2D eigenvalue weighted by molar-refractivity contribution is 0.0357. The summed E-state index contributed by atoms with van der Waals surface area (Å²) in [4.78, 5) is 6.67. The number of allylic oxidation sites excluding steroid dienone is 3. The van der Waals surface area contributed by atoms with E-state index in [9.17, 15) is 4.39 Å². The highest BCUT2D eigenvalue weighted by Gasteiger charge is 2.17. The molecule has 0 aliphatic carbocycles. The van der Waals surface area contributed by atoms with Gasteiger partial charge >= 0.3 is 0 Å². The fourth-order valence-corrected chi connectivity index (χ4v) is 4.09. The van der Waals surface area contributed by atoms with E-state index in [4.69, 9.17) is 24.7 Å². The van der Waals surface area contributed by atoms with Crippen molar-refractivity contribution >= 4 is 6.34 Å². The maximum absolute atomic E-state index is 14.2. The standard InChI is InChI=1S/C28H42FN5O4/c1-4-6-21(2)7-8-23(29)19-31-27-17-28(33-20-32-27)38-24-16-25(35-3)26(15-22(24)18-30)37-12-5-9-34-10-13-36-14-11-34/h6,8,15-17,20,27,31H,4-5,7,9-14,18-19,30H2,1-3H3,(H,32,33)/b21-6-,23-8+. The van der Waals surface area contributed by atoms with Gasteiger partial charge in [-0.3, -0.25) is 15.2 Å². The Labute approximate surface area is 225 Å². The lowest BCUT2D eigenvalue weighted by Gasteiger charge is -2.26. The van der Waals surface area contributed by atoms with E-state index in [-0.39, 0.29) is 18.9 Å². The molecule has 38 heavy (non-hydrogen) atoms. The number of benzene rings is 1. The van der Waals surface area contributed by atoms with E-state index in [1.54, 1.807) is 25.3 Å². The first-order valence-corrected chi connectivity index (χ1v) is 13.3. The highest BCUT2D eigenvalue weighted by Crippen LogP contribution is 2.35.